The van der Waals surface area contributed by atoms with Gasteiger partial charge in [-0.05, 0) is 43.5 Å². The van der Waals surface area contributed by atoms with Gasteiger partial charge in [0, 0.05) is 19.1 Å². The molecule has 1 heterocycles. The summed E-state index contributed by atoms with van der Waals surface area (Å²) in [5.41, 5.74) is 0.891. The molecular weight excluding hydrogens is 275 g/mol. The predicted octanol–water partition coefficient (Wildman–Crippen LogP) is 3.69. The monoisotopic (exact) mass is 298 g/mol. The molecular formula is C16H24ClFN2. The largest absolute Gasteiger partial charge is 0.315 e. The van der Waals surface area contributed by atoms with E-state index in [0.717, 1.165) is 31.7 Å². The molecule has 1 aliphatic heterocycles. The number of halogens is 2. The molecule has 0 amide bonds. The summed E-state index contributed by atoms with van der Waals surface area (Å²) in [6.45, 7) is 8.29. The van der Waals surface area contributed by atoms with Crippen LogP contribution in [-0.4, -0.2) is 30.6 Å². The van der Waals surface area contributed by atoms with Crippen molar-refractivity contribution in [3.8, 4) is 0 Å². The van der Waals surface area contributed by atoms with Gasteiger partial charge in [0.1, 0.15) is 5.82 Å². The van der Waals surface area contributed by atoms with Crippen molar-refractivity contribution < 1.29 is 4.39 Å². The van der Waals surface area contributed by atoms with E-state index < -0.39 is 0 Å². The van der Waals surface area contributed by atoms with Gasteiger partial charge in [0.05, 0.1) is 5.02 Å². The summed E-state index contributed by atoms with van der Waals surface area (Å²) in [5, 5.41) is 3.79. The zero-order valence-electron chi connectivity index (χ0n) is 12.3. The molecule has 1 aromatic rings. The summed E-state index contributed by atoms with van der Waals surface area (Å²) in [6.07, 6.45) is 2.42. The van der Waals surface area contributed by atoms with Gasteiger partial charge in [-0.25, -0.2) is 4.39 Å². The molecule has 0 radical (unpaired) electrons. The van der Waals surface area contributed by atoms with E-state index in [1.165, 1.54) is 18.9 Å². The molecule has 1 aliphatic rings. The van der Waals surface area contributed by atoms with Gasteiger partial charge >= 0.3 is 0 Å². The lowest BCUT2D eigenvalue weighted by Gasteiger charge is -2.25. The minimum absolute atomic E-state index is 0.272. The summed E-state index contributed by atoms with van der Waals surface area (Å²) in [4.78, 5) is 2.41. The summed E-state index contributed by atoms with van der Waals surface area (Å²) in [7, 11) is 0. The highest BCUT2D eigenvalue weighted by Gasteiger charge is 2.24. The molecule has 20 heavy (non-hydrogen) atoms. The quantitative estimate of drug-likeness (QED) is 0.862. The third-order valence-corrected chi connectivity index (χ3v) is 4.26. The zero-order chi connectivity index (χ0) is 14.5. The second-order valence-corrected chi connectivity index (χ2v) is 6.41. The standard InChI is InChI=1S/C16H24ClFN2/c1-12(2)9-19-10-14-6-4-8-20(14)11-13-5-3-7-15(18)16(13)17/h3,5,7,12,14,19H,4,6,8-11H2,1-2H3. The van der Waals surface area contributed by atoms with Gasteiger partial charge in [-0.2, -0.15) is 0 Å². The third-order valence-electron chi connectivity index (χ3n) is 3.84. The SMILES string of the molecule is CC(C)CNCC1CCCN1Cc1cccc(F)c1Cl. The van der Waals surface area contributed by atoms with Crippen LogP contribution in [0.25, 0.3) is 0 Å². The average Bonchev–Trinajstić information content (AvgIpc) is 2.82. The van der Waals surface area contributed by atoms with Crippen LogP contribution in [0.5, 0.6) is 0 Å². The number of nitrogens with zero attached hydrogens (tertiary/aromatic N) is 1. The van der Waals surface area contributed by atoms with Gasteiger partial charge in [0.15, 0.2) is 0 Å². The van der Waals surface area contributed by atoms with Crippen LogP contribution >= 0.6 is 11.6 Å². The van der Waals surface area contributed by atoms with Crippen LogP contribution in [0, 0.1) is 11.7 Å². The second-order valence-electron chi connectivity index (χ2n) is 6.03. The fraction of sp³-hybridized carbons (Fsp3) is 0.625. The molecule has 0 aromatic heterocycles. The zero-order valence-corrected chi connectivity index (χ0v) is 13.1. The normalized spacial score (nSPS) is 19.9. The Morgan fingerprint density at radius 2 is 2.25 bits per heavy atom. The second kappa shape index (κ2) is 7.39. The van der Waals surface area contributed by atoms with Crippen molar-refractivity contribution in [2.45, 2.75) is 39.3 Å². The molecule has 2 rings (SSSR count). The van der Waals surface area contributed by atoms with Crippen molar-refractivity contribution in [2.24, 2.45) is 5.92 Å². The highest BCUT2D eigenvalue weighted by molar-refractivity contribution is 6.31. The molecule has 4 heteroatoms. The molecule has 0 aliphatic carbocycles. The molecule has 1 fully saturated rings. The van der Waals surface area contributed by atoms with Crippen LogP contribution in [0.15, 0.2) is 18.2 Å². The number of nitrogens with one attached hydrogen (secondary N) is 1. The Morgan fingerprint density at radius 1 is 1.45 bits per heavy atom. The lowest BCUT2D eigenvalue weighted by Crippen LogP contribution is -2.38. The summed E-state index contributed by atoms with van der Waals surface area (Å²) < 4.78 is 13.5. The Bertz CT molecular complexity index is 436. The van der Waals surface area contributed by atoms with E-state index in [1.54, 1.807) is 6.07 Å². The van der Waals surface area contributed by atoms with E-state index in [1.807, 2.05) is 6.07 Å². The lowest BCUT2D eigenvalue weighted by molar-refractivity contribution is 0.237. The Balaban J connectivity index is 1.92. The molecule has 112 valence electrons. The maximum Gasteiger partial charge on any atom is 0.142 e. The molecule has 0 saturated carbocycles. The van der Waals surface area contributed by atoms with Crippen LogP contribution in [-0.2, 0) is 6.54 Å². The maximum atomic E-state index is 13.5. The number of hydrogen-bond donors (Lipinski definition) is 1. The Morgan fingerprint density at radius 3 is 3.00 bits per heavy atom. The summed E-state index contributed by atoms with van der Waals surface area (Å²) in [6, 6.07) is 5.60. The molecule has 2 nitrogen and oxygen atoms in total. The molecule has 1 unspecified atom stereocenters. The number of benzene rings is 1. The van der Waals surface area contributed by atoms with E-state index in [-0.39, 0.29) is 10.8 Å². The van der Waals surface area contributed by atoms with Crippen molar-refractivity contribution in [1.82, 2.24) is 10.2 Å². The van der Waals surface area contributed by atoms with E-state index >= 15 is 0 Å². The highest BCUT2D eigenvalue weighted by atomic mass is 35.5. The minimum atomic E-state index is -0.321. The third kappa shape index (κ3) is 4.18. The first-order chi connectivity index (χ1) is 9.58. The Labute approximate surface area is 126 Å². The first-order valence-corrected chi connectivity index (χ1v) is 7.83. The van der Waals surface area contributed by atoms with Gasteiger partial charge < -0.3 is 5.32 Å². The smallest absolute Gasteiger partial charge is 0.142 e. The molecule has 1 N–H and O–H groups in total. The van der Waals surface area contributed by atoms with E-state index in [0.29, 0.717) is 12.0 Å². The van der Waals surface area contributed by atoms with Gasteiger partial charge in [-0.15, -0.1) is 0 Å². The van der Waals surface area contributed by atoms with Crippen molar-refractivity contribution >= 4 is 11.6 Å². The van der Waals surface area contributed by atoms with Crippen molar-refractivity contribution in [1.29, 1.82) is 0 Å². The summed E-state index contributed by atoms with van der Waals surface area (Å²) >= 11 is 6.05. The fourth-order valence-corrected chi connectivity index (χ4v) is 2.95. The van der Waals surface area contributed by atoms with Gasteiger partial charge in [0.2, 0.25) is 0 Å². The lowest BCUT2D eigenvalue weighted by atomic mass is 10.1. The van der Waals surface area contributed by atoms with Crippen molar-refractivity contribution in [3.63, 3.8) is 0 Å². The number of rotatable bonds is 6. The maximum absolute atomic E-state index is 13.5. The molecule has 0 bridgehead atoms. The molecule has 0 spiro atoms. The number of hydrogen-bond acceptors (Lipinski definition) is 2. The molecule has 1 atom stereocenters. The fourth-order valence-electron chi connectivity index (χ4n) is 2.76. The highest BCUT2D eigenvalue weighted by Crippen LogP contribution is 2.25. The van der Waals surface area contributed by atoms with Gasteiger partial charge in [-0.3, -0.25) is 4.90 Å². The van der Waals surface area contributed by atoms with Crippen LogP contribution in [0.2, 0.25) is 5.02 Å². The first kappa shape index (κ1) is 15.7. The van der Waals surface area contributed by atoms with Crippen LogP contribution in [0.4, 0.5) is 4.39 Å². The predicted molar refractivity (Wildman–Crippen MR) is 82.5 cm³/mol. The molecule has 1 saturated heterocycles. The van der Waals surface area contributed by atoms with E-state index in [4.69, 9.17) is 11.6 Å². The van der Waals surface area contributed by atoms with E-state index in [9.17, 15) is 4.39 Å². The van der Waals surface area contributed by atoms with Gasteiger partial charge in [0.25, 0.3) is 0 Å². The summed E-state index contributed by atoms with van der Waals surface area (Å²) in [5.74, 6) is 0.348. The molecule has 1 aromatic carbocycles. The topological polar surface area (TPSA) is 15.3 Å². The number of likely N-dealkylation sites (tertiary alicyclic amines) is 1. The van der Waals surface area contributed by atoms with Gasteiger partial charge in [-0.1, -0.05) is 37.6 Å². The van der Waals surface area contributed by atoms with Crippen molar-refractivity contribution in [3.05, 3.63) is 34.6 Å². The Kier molecular flexibility index (Phi) is 5.82. The van der Waals surface area contributed by atoms with E-state index in [2.05, 4.69) is 24.1 Å². The first-order valence-electron chi connectivity index (χ1n) is 7.45. The van der Waals surface area contributed by atoms with Crippen LogP contribution in [0.1, 0.15) is 32.3 Å². The van der Waals surface area contributed by atoms with Crippen LogP contribution < -0.4 is 5.32 Å². The van der Waals surface area contributed by atoms with Crippen LogP contribution in [0.3, 0.4) is 0 Å². The van der Waals surface area contributed by atoms with Crippen molar-refractivity contribution in [2.75, 3.05) is 19.6 Å². The minimum Gasteiger partial charge on any atom is -0.315 e. The Hall–Kier alpha value is -0.640. The average molecular weight is 299 g/mol.